The first kappa shape index (κ1) is 17.1. The number of carbonyl (C=O) groups is 2. The van der Waals surface area contributed by atoms with Gasteiger partial charge in [-0.2, -0.15) is 0 Å². The van der Waals surface area contributed by atoms with Crippen molar-refractivity contribution in [3.05, 3.63) is 0 Å². The van der Waals surface area contributed by atoms with Gasteiger partial charge in [0.2, 0.25) is 5.67 Å². The second kappa shape index (κ2) is 6.08. The molecule has 2 rings (SSSR count). The summed E-state index contributed by atoms with van der Waals surface area (Å²) < 4.78 is 29.5. The lowest BCUT2D eigenvalue weighted by molar-refractivity contribution is -0.141. The first-order chi connectivity index (χ1) is 10.2. The number of nitrogens with one attached hydrogen (secondary N) is 1. The van der Waals surface area contributed by atoms with Crippen LogP contribution < -0.4 is 22.5 Å². The van der Waals surface area contributed by atoms with Gasteiger partial charge in [0.25, 0.3) is 11.8 Å². The molecule has 0 aromatic heterocycles. The lowest BCUT2D eigenvalue weighted by atomic mass is 9.77. The van der Waals surface area contributed by atoms with Gasteiger partial charge in [0.15, 0.2) is 5.67 Å². The van der Waals surface area contributed by atoms with E-state index >= 15 is 0 Å². The Morgan fingerprint density at radius 2 is 1.55 bits per heavy atom. The van der Waals surface area contributed by atoms with Gasteiger partial charge in [-0.15, -0.1) is 0 Å². The van der Waals surface area contributed by atoms with Crippen molar-refractivity contribution in [2.45, 2.75) is 74.4 Å². The third kappa shape index (κ3) is 3.22. The lowest BCUT2D eigenvalue weighted by Gasteiger charge is -2.40. The first-order valence-corrected chi connectivity index (χ1v) is 7.67. The molecule has 2 aliphatic rings. The molecule has 8 heteroatoms. The minimum atomic E-state index is -2.38. The Morgan fingerprint density at radius 3 is 2.09 bits per heavy atom. The van der Waals surface area contributed by atoms with Gasteiger partial charge in [-0.3, -0.25) is 9.59 Å². The largest absolute Gasteiger partial charge is 0.367 e. The van der Waals surface area contributed by atoms with E-state index in [-0.39, 0.29) is 37.8 Å². The number of carbonyl (C=O) groups excluding carboxylic acids is 2. The van der Waals surface area contributed by atoms with Crippen molar-refractivity contribution in [3.8, 4) is 0 Å². The van der Waals surface area contributed by atoms with Crippen molar-refractivity contribution in [1.29, 1.82) is 0 Å². The zero-order valence-electron chi connectivity index (χ0n) is 12.5. The minimum Gasteiger partial charge on any atom is -0.367 e. The van der Waals surface area contributed by atoms with Gasteiger partial charge in [-0.05, 0) is 44.9 Å². The Morgan fingerprint density at radius 1 is 1.00 bits per heavy atom. The number of hydrogen-bond donors (Lipinski definition) is 4. The highest BCUT2D eigenvalue weighted by Gasteiger charge is 2.51. The average molecular weight is 318 g/mol. The van der Waals surface area contributed by atoms with Gasteiger partial charge >= 0.3 is 0 Å². The van der Waals surface area contributed by atoms with Crippen LogP contribution in [0.15, 0.2) is 0 Å². The van der Waals surface area contributed by atoms with E-state index in [0.29, 0.717) is 19.3 Å². The van der Waals surface area contributed by atoms with Gasteiger partial charge in [-0.25, -0.2) is 8.78 Å². The Labute approximate surface area is 128 Å². The molecule has 1 unspecified atom stereocenters. The third-order valence-electron chi connectivity index (χ3n) is 4.91. The van der Waals surface area contributed by atoms with Crippen LogP contribution in [0.5, 0.6) is 0 Å². The monoisotopic (exact) mass is 318 g/mol. The van der Waals surface area contributed by atoms with Gasteiger partial charge in [0.1, 0.15) is 0 Å². The smallest absolute Gasteiger partial charge is 0.258 e. The highest BCUT2D eigenvalue weighted by Crippen LogP contribution is 2.35. The van der Waals surface area contributed by atoms with Crippen molar-refractivity contribution >= 4 is 11.8 Å². The van der Waals surface area contributed by atoms with Crippen molar-refractivity contribution < 1.29 is 18.4 Å². The molecule has 0 heterocycles. The molecule has 7 N–H and O–H groups in total. The molecule has 0 aliphatic heterocycles. The van der Waals surface area contributed by atoms with E-state index in [9.17, 15) is 18.4 Å². The predicted octanol–water partition coefficient (Wildman–Crippen LogP) is -0.214. The fourth-order valence-electron chi connectivity index (χ4n) is 3.26. The molecular weight excluding hydrogens is 294 g/mol. The van der Waals surface area contributed by atoms with Gasteiger partial charge in [-0.1, -0.05) is 0 Å². The molecular formula is C14H24F2N4O2. The molecule has 6 nitrogen and oxygen atoms in total. The van der Waals surface area contributed by atoms with Crippen LogP contribution >= 0.6 is 0 Å². The number of amides is 2. The van der Waals surface area contributed by atoms with Gasteiger partial charge < -0.3 is 22.5 Å². The Kier molecular flexibility index (Phi) is 4.72. The molecule has 0 saturated heterocycles. The average Bonchev–Trinajstić information content (AvgIpc) is 2.46. The fraction of sp³-hybridized carbons (Fsp3) is 0.857. The number of nitrogens with two attached hydrogens (primary N) is 3. The first-order valence-electron chi connectivity index (χ1n) is 7.67. The topological polar surface area (TPSA) is 124 Å². The van der Waals surface area contributed by atoms with Crippen molar-refractivity contribution in [1.82, 2.24) is 5.32 Å². The highest BCUT2D eigenvalue weighted by atomic mass is 19.1. The molecule has 2 amide bonds. The lowest BCUT2D eigenvalue weighted by Crippen LogP contribution is -2.63. The van der Waals surface area contributed by atoms with Crippen molar-refractivity contribution in [2.75, 3.05) is 0 Å². The molecule has 0 radical (unpaired) electrons. The van der Waals surface area contributed by atoms with E-state index in [1.807, 2.05) is 0 Å². The summed E-state index contributed by atoms with van der Waals surface area (Å²) in [7, 11) is 0. The summed E-state index contributed by atoms with van der Waals surface area (Å²) in [6, 6.07) is -1.67. The SMILES string of the molecule is NC(=O)[C@]1(F)CC[C@H](N)CC1NC(=O)C1(F)CCC(N)CC1. The Bertz CT molecular complexity index is 454. The van der Waals surface area contributed by atoms with Crippen LogP contribution in [0, 0.1) is 0 Å². The van der Waals surface area contributed by atoms with Gasteiger partial charge in [0, 0.05) is 12.1 Å². The molecule has 126 valence electrons. The van der Waals surface area contributed by atoms with Crippen molar-refractivity contribution in [2.24, 2.45) is 17.2 Å². The number of rotatable bonds is 3. The predicted molar refractivity (Wildman–Crippen MR) is 77.1 cm³/mol. The number of hydrogen-bond acceptors (Lipinski definition) is 4. The Hall–Kier alpha value is -1.28. The summed E-state index contributed by atoms with van der Waals surface area (Å²) in [4.78, 5) is 23.6. The van der Waals surface area contributed by atoms with E-state index in [1.54, 1.807) is 0 Å². The number of alkyl halides is 2. The molecule has 2 saturated carbocycles. The van der Waals surface area contributed by atoms with Crippen LogP contribution in [0.25, 0.3) is 0 Å². The van der Waals surface area contributed by atoms with Crippen LogP contribution in [-0.4, -0.2) is 41.3 Å². The second-order valence-electron chi connectivity index (χ2n) is 6.59. The molecule has 2 aliphatic carbocycles. The number of primary amides is 1. The maximum atomic E-state index is 14.8. The van der Waals surface area contributed by atoms with Crippen LogP contribution in [-0.2, 0) is 9.59 Å². The zero-order valence-corrected chi connectivity index (χ0v) is 12.5. The van der Waals surface area contributed by atoms with E-state index < -0.39 is 29.2 Å². The molecule has 2 fully saturated rings. The molecule has 0 aromatic rings. The highest BCUT2D eigenvalue weighted by molar-refractivity contribution is 5.88. The van der Waals surface area contributed by atoms with E-state index in [0.717, 1.165) is 0 Å². The van der Waals surface area contributed by atoms with E-state index in [4.69, 9.17) is 17.2 Å². The Balaban J connectivity index is 2.09. The van der Waals surface area contributed by atoms with Crippen molar-refractivity contribution in [3.63, 3.8) is 0 Å². The second-order valence-corrected chi connectivity index (χ2v) is 6.59. The van der Waals surface area contributed by atoms with E-state index in [2.05, 4.69) is 5.32 Å². The molecule has 0 bridgehead atoms. The summed E-state index contributed by atoms with van der Waals surface area (Å²) in [5, 5.41) is 2.34. The normalized spacial score (nSPS) is 42.6. The maximum absolute atomic E-state index is 14.8. The third-order valence-corrected chi connectivity index (χ3v) is 4.91. The van der Waals surface area contributed by atoms with Crippen LogP contribution in [0.2, 0.25) is 0 Å². The quantitative estimate of drug-likeness (QED) is 0.574. The minimum absolute atomic E-state index is 0.00533. The molecule has 0 spiro atoms. The summed E-state index contributed by atoms with van der Waals surface area (Å²) in [5.74, 6) is -2.05. The summed E-state index contributed by atoms with van der Waals surface area (Å²) in [5.41, 5.74) is 12.1. The van der Waals surface area contributed by atoms with Crippen LogP contribution in [0.4, 0.5) is 8.78 Å². The zero-order chi connectivity index (χ0) is 16.5. The van der Waals surface area contributed by atoms with E-state index in [1.165, 1.54) is 0 Å². The van der Waals surface area contributed by atoms with Crippen LogP contribution in [0.1, 0.15) is 44.9 Å². The van der Waals surface area contributed by atoms with Gasteiger partial charge in [0.05, 0.1) is 6.04 Å². The summed E-state index contributed by atoms with van der Waals surface area (Å²) >= 11 is 0. The molecule has 0 aromatic carbocycles. The fourth-order valence-corrected chi connectivity index (χ4v) is 3.26. The maximum Gasteiger partial charge on any atom is 0.258 e. The van der Waals surface area contributed by atoms with Crippen LogP contribution in [0.3, 0.4) is 0 Å². The molecule has 22 heavy (non-hydrogen) atoms. The molecule has 3 atom stereocenters. The summed E-state index contributed by atoms with van der Waals surface area (Å²) in [6.45, 7) is 0. The summed E-state index contributed by atoms with van der Waals surface area (Å²) in [6.07, 6.45) is 0.958. The standard InChI is InChI=1S/C14H24F2N4O2/c15-13(4-1-8(17)2-5-13)12(22)20-10-7-9(18)3-6-14(10,16)11(19)21/h8-10H,1-7,17-18H2,(H2,19,21)(H,20,22)/t8?,9-,10?,13?,14-/m0/s1. The number of halogens is 2.